The number of rotatable bonds is 8. The fourth-order valence-electron chi connectivity index (χ4n) is 2.31. The number of carbonyl (C=O) groups is 2. The van der Waals surface area contributed by atoms with Gasteiger partial charge in [-0.2, -0.15) is 0 Å². The predicted molar refractivity (Wildman–Crippen MR) is 103 cm³/mol. The molecule has 0 spiro atoms. The van der Waals surface area contributed by atoms with Crippen LogP contribution in [0.4, 0.5) is 5.69 Å². The summed E-state index contributed by atoms with van der Waals surface area (Å²) in [6, 6.07) is 10.6. The van der Waals surface area contributed by atoms with Crippen molar-refractivity contribution in [1.29, 1.82) is 0 Å². The molecule has 0 bridgehead atoms. The van der Waals surface area contributed by atoms with Crippen LogP contribution in [0, 0.1) is 0 Å². The first kappa shape index (κ1) is 19.2. The monoisotopic (exact) mass is 377 g/mol. The highest BCUT2D eigenvalue weighted by atomic mass is 35.5. The molecule has 0 aliphatic heterocycles. The fraction of sp³-hybridized carbons (Fsp3) is 0.222. The van der Waals surface area contributed by atoms with E-state index in [-0.39, 0.29) is 18.4 Å². The molecule has 0 radical (unpaired) electrons. The van der Waals surface area contributed by atoms with Gasteiger partial charge in [-0.25, -0.2) is 0 Å². The van der Waals surface area contributed by atoms with Crippen LogP contribution in [0.3, 0.4) is 0 Å². The zero-order valence-corrected chi connectivity index (χ0v) is 15.5. The Morgan fingerprint density at radius 3 is 2.76 bits per heavy atom. The van der Waals surface area contributed by atoms with Gasteiger partial charge in [0.05, 0.1) is 10.9 Å². The normalized spacial score (nSPS) is 10.5. The van der Waals surface area contributed by atoms with Gasteiger partial charge in [-0.1, -0.05) is 23.7 Å². The molecule has 0 saturated heterocycles. The van der Waals surface area contributed by atoms with Crippen molar-refractivity contribution < 1.29 is 9.59 Å². The van der Waals surface area contributed by atoms with Gasteiger partial charge in [0.1, 0.15) is 0 Å². The summed E-state index contributed by atoms with van der Waals surface area (Å²) < 4.78 is 0.726. The second kappa shape index (κ2) is 9.36. The summed E-state index contributed by atoms with van der Waals surface area (Å²) in [5.74, 6) is -0.350. The summed E-state index contributed by atoms with van der Waals surface area (Å²) in [6.45, 7) is 5.16. The number of halogens is 1. The van der Waals surface area contributed by atoms with Crippen molar-refractivity contribution in [3.05, 3.63) is 63.8 Å². The van der Waals surface area contributed by atoms with Crippen LogP contribution in [0.15, 0.2) is 49.1 Å². The summed E-state index contributed by atoms with van der Waals surface area (Å²) in [4.78, 5) is 27.1. The molecule has 5 nitrogen and oxygen atoms in total. The fourth-order valence-corrected chi connectivity index (χ4v) is 3.44. The van der Waals surface area contributed by atoms with Crippen LogP contribution in [-0.4, -0.2) is 36.9 Å². The average Bonchev–Trinajstić information content (AvgIpc) is 2.99. The molecular formula is C18H20ClN3O2S. The first-order valence-electron chi connectivity index (χ1n) is 7.71. The van der Waals surface area contributed by atoms with Crippen LogP contribution in [-0.2, 0) is 11.3 Å². The number of thiophene rings is 1. The lowest BCUT2D eigenvalue weighted by Crippen LogP contribution is -2.32. The Balaban J connectivity index is 1.98. The van der Waals surface area contributed by atoms with E-state index in [1.807, 2.05) is 17.0 Å². The third-order valence-electron chi connectivity index (χ3n) is 3.40. The largest absolute Gasteiger partial charge is 0.355 e. The Morgan fingerprint density at radius 2 is 2.12 bits per heavy atom. The van der Waals surface area contributed by atoms with Gasteiger partial charge in [0.25, 0.3) is 5.91 Å². The maximum atomic E-state index is 12.3. The maximum Gasteiger partial charge on any atom is 0.251 e. The molecular weight excluding hydrogens is 358 g/mol. The second-order valence-corrected chi connectivity index (χ2v) is 7.17. The van der Waals surface area contributed by atoms with Gasteiger partial charge in [0, 0.05) is 36.3 Å². The number of nitrogens with one attached hydrogen (secondary N) is 2. The molecule has 0 fully saturated rings. The van der Waals surface area contributed by atoms with Gasteiger partial charge >= 0.3 is 0 Å². The number of benzene rings is 1. The summed E-state index contributed by atoms with van der Waals surface area (Å²) in [7, 11) is 1.57. The summed E-state index contributed by atoms with van der Waals surface area (Å²) in [5.41, 5.74) is 1.08. The van der Waals surface area contributed by atoms with E-state index in [1.165, 1.54) is 11.3 Å². The van der Waals surface area contributed by atoms with Gasteiger partial charge in [0.2, 0.25) is 5.91 Å². The van der Waals surface area contributed by atoms with Crippen molar-refractivity contribution in [2.75, 3.05) is 25.5 Å². The molecule has 2 N–H and O–H groups in total. The van der Waals surface area contributed by atoms with E-state index in [1.54, 1.807) is 37.4 Å². The zero-order valence-electron chi connectivity index (χ0n) is 13.9. The van der Waals surface area contributed by atoms with Gasteiger partial charge in [0.15, 0.2) is 0 Å². The number of anilines is 1. The Hall–Kier alpha value is -2.15. The van der Waals surface area contributed by atoms with Gasteiger partial charge in [-0.15, -0.1) is 17.9 Å². The van der Waals surface area contributed by atoms with Gasteiger partial charge in [-0.3, -0.25) is 14.5 Å². The Bertz CT molecular complexity index is 760. The van der Waals surface area contributed by atoms with E-state index in [2.05, 4.69) is 17.2 Å². The Morgan fingerprint density at radius 1 is 1.32 bits per heavy atom. The number of hydrogen-bond donors (Lipinski definition) is 2. The molecule has 0 aliphatic rings. The average molecular weight is 378 g/mol. The highest BCUT2D eigenvalue weighted by Crippen LogP contribution is 2.22. The predicted octanol–water partition coefficient (Wildman–Crippen LogP) is 3.39. The lowest BCUT2D eigenvalue weighted by atomic mass is 10.2. The Kier molecular flexibility index (Phi) is 7.18. The van der Waals surface area contributed by atoms with E-state index >= 15 is 0 Å². The van der Waals surface area contributed by atoms with Crippen molar-refractivity contribution in [1.82, 2.24) is 10.2 Å². The van der Waals surface area contributed by atoms with E-state index in [4.69, 9.17) is 11.6 Å². The standard InChI is InChI=1S/C18H20ClN3O2S/c1-3-9-22(11-15-7-8-16(19)25-15)12-17(23)21-14-6-4-5-13(10-14)18(24)20-2/h3-8,10H,1,9,11-12H2,2H3,(H,20,24)(H,21,23). The summed E-state index contributed by atoms with van der Waals surface area (Å²) >= 11 is 7.45. The lowest BCUT2D eigenvalue weighted by molar-refractivity contribution is -0.117. The number of nitrogens with zero attached hydrogens (tertiary/aromatic N) is 1. The minimum absolute atomic E-state index is 0.154. The second-order valence-electron chi connectivity index (χ2n) is 5.37. The number of amides is 2. The van der Waals surface area contributed by atoms with E-state index < -0.39 is 0 Å². The van der Waals surface area contributed by atoms with Gasteiger partial charge in [-0.05, 0) is 30.3 Å². The van der Waals surface area contributed by atoms with E-state index in [9.17, 15) is 9.59 Å². The third kappa shape index (κ3) is 6.01. The highest BCUT2D eigenvalue weighted by molar-refractivity contribution is 7.16. The highest BCUT2D eigenvalue weighted by Gasteiger charge is 2.12. The lowest BCUT2D eigenvalue weighted by Gasteiger charge is -2.19. The van der Waals surface area contributed by atoms with Crippen LogP contribution in [0.2, 0.25) is 4.34 Å². The first-order valence-corrected chi connectivity index (χ1v) is 8.90. The quantitative estimate of drug-likeness (QED) is 0.693. The molecule has 0 aliphatic carbocycles. The van der Waals surface area contributed by atoms with Crippen molar-refractivity contribution in [3.63, 3.8) is 0 Å². The molecule has 25 heavy (non-hydrogen) atoms. The minimum atomic E-state index is -0.195. The summed E-state index contributed by atoms with van der Waals surface area (Å²) in [5, 5.41) is 5.38. The molecule has 1 aromatic heterocycles. The van der Waals surface area contributed by atoms with Crippen LogP contribution < -0.4 is 10.6 Å². The molecule has 2 rings (SSSR count). The van der Waals surface area contributed by atoms with Crippen molar-refractivity contribution in [2.45, 2.75) is 6.54 Å². The first-order chi connectivity index (χ1) is 12.0. The van der Waals surface area contributed by atoms with Crippen LogP contribution in [0.25, 0.3) is 0 Å². The topological polar surface area (TPSA) is 61.4 Å². The zero-order chi connectivity index (χ0) is 18.2. The smallest absolute Gasteiger partial charge is 0.251 e. The third-order valence-corrected chi connectivity index (χ3v) is 4.61. The van der Waals surface area contributed by atoms with E-state index in [0.29, 0.717) is 24.3 Å². The molecule has 0 atom stereocenters. The van der Waals surface area contributed by atoms with Crippen LogP contribution in [0.1, 0.15) is 15.2 Å². The SMILES string of the molecule is C=CCN(CC(=O)Nc1cccc(C(=O)NC)c1)Cc1ccc(Cl)s1. The molecule has 0 unspecified atom stereocenters. The van der Waals surface area contributed by atoms with Crippen LogP contribution >= 0.6 is 22.9 Å². The van der Waals surface area contributed by atoms with Gasteiger partial charge < -0.3 is 10.6 Å². The molecule has 132 valence electrons. The summed E-state index contributed by atoms with van der Waals surface area (Å²) in [6.07, 6.45) is 1.76. The minimum Gasteiger partial charge on any atom is -0.355 e. The molecule has 1 aromatic carbocycles. The van der Waals surface area contributed by atoms with E-state index in [0.717, 1.165) is 9.21 Å². The molecule has 0 saturated carbocycles. The Labute approximate surface area is 156 Å². The van der Waals surface area contributed by atoms with Crippen LogP contribution in [0.5, 0.6) is 0 Å². The maximum absolute atomic E-state index is 12.3. The molecule has 1 heterocycles. The van der Waals surface area contributed by atoms with Crippen molar-refractivity contribution in [2.24, 2.45) is 0 Å². The molecule has 2 aromatic rings. The number of hydrogen-bond acceptors (Lipinski definition) is 4. The molecule has 2 amide bonds. The van der Waals surface area contributed by atoms with Crippen molar-refractivity contribution in [3.8, 4) is 0 Å². The molecule has 7 heteroatoms. The number of carbonyl (C=O) groups excluding carboxylic acids is 2. The van der Waals surface area contributed by atoms with Crippen molar-refractivity contribution >= 4 is 40.4 Å².